The molecule has 1 aromatic heterocycles. The lowest BCUT2D eigenvalue weighted by Gasteiger charge is -2.28. The van der Waals surface area contributed by atoms with Crippen LogP contribution in [0.4, 0.5) is 0 Å². The van der Waals surface area contributed by atoms with Gasteiger partial charge in [-0.05, 0) is 18.1 Å². The van der Waals surface area contributed by atoms with E-state index in [-0.39, 0.29) is 11.8 Å². The molecule has 17 heavy (non-hydrogen) atoms. The van der Waals surface area contributed by atoms with Gasteiger partial charge in [0.25, 0.3) is 0 Å². The van der Waals surface area contributed by atoms with Crippen molar-refractivity contribution in [1.29, 1.82) is 0 Å². The Morgan fingerprint density at radius 2 is 2.24 bits per heavy atom. The van der Waals surface area contributed by atoms with Crippen molar-refractivity contribution in [3.05, 3.63) is 21.3 Å². The minimum atomic E-state index is 0.253. The van der Waals surface area contributed by atoms with Gasteiger partial charge in [-0.15, -0.1) is 11.3 Å². The number of halogens is 1. The summed E-state index contributed by atoms with van der Waals surface area (Å²) in [5.41, 5.74) is 0. The van der Waals surface area contributed by atoms with Gasteiger partial charge in [0.15, 0.2) is 0 Å². The summed E-state index contributed by atoms with van der Waals surface area (Å²) in [6.45, 7) is 5.56. The lowest BCUT2D eigenvalue weighted by molar-refractivity contribution is -0.132. The lowest BCUT2D eigenvalue weighted by atomic mass is 10.1. The Morgan fingerprint density at radius 1 is 1.53 bits per heavy atom. The first kappa shape index (κ1) is 12.9. The molecule has 94 valence electrons. The van der Waals surface area contributed by atoms with Crippen LogP contribution < -0.4 is 5.32 Å². The molecule has 1 saturated heterocycles. The maximum atomic E-state index is 12.1. The maximum Gasteiger partial charge on any atom is 0.223 e. The quantitative estimate of drug-likeness (QED) is 0.916. The molecule has 1 aliphatic heterocycles. The van der Waals surface area contributed by atoms with Gasteiger partial charge < -0.3 is 10.2 Å². The standard InChI is InChI=1S/C12H17ClN2OS/c1-9(10-2-3-11(13)17-10)8-12(16)15-6-4-14-5-7-15/h2-3,9,14H,4-8H2,1H3. The second kappa shape index (κ2) is 5.85. The molecule has 2 rings (SSSR count). The average Bonchev–Trinajstić information content (AvgIpc) is 2.77. The molecular weight excluding hydrogens is 256 g/mol. The molecule has 3 nitrogen and oxygen atoms in total. The number of nitrogens with zero attached hydrogens (tertiary/aromatic N) is 1. The third kappa shape index (κ3) is 3.44. The number of amides is 1. The molecule has 0 aliphatic carbocycles. The zero-order chi connectivity index (χ0) is 12.3. The average molecular weight is 273 g/mol. The van der Waals surface area contributed by atoms with Gasteiger partial charge >= 0.3 is 0 Å². The number of carbonyl (C=O) groups excluding carboxylic acids is 1. The number of thiophene rings is 1. The van der Waals surface area contributed by atoms with Crippen LogP contribution in [0.5, 0.6) is 0 Å². The zero-order valence-corrected chi connectivity index (χ0v) is 11.5. The van der Waals surface area contributed by atoms with Crippen LogP contribution in [0.25, 0.3) is 0 Å². The summed E-state index contributed by atoms with van der Waals surface area (Å²) >= 11 is 7.47. The highest BCUT2D eigenvalue weighted by Crippen LogP contribution is 2.30. The zero-order valence-electron chi connectivity index (χ0n) is 9.91. The summed E-state index contributed by atoms with van der Waals surface area (Å²) in [7, 11) is 0. The van der Waals surface area contributed by atoms with Crippen LogP contribution in [0.1, 0.15) is 24.1 Å². The summed E-state index contributed by atoms with van der Waals surface area (Å²) in [5.74, 6) is 0.512. The molecule has 1 unspecified atom stereocenters. The molecule has 0 radical (unpaired) electrons. The first-order valence-electron chi connectivity index (χ1n) is 5.90. The molecule has 1 N–H and O–H groups in total. The topological polar surface area (TPSA) is 32.3 Å². The molecule has 1 aromatic rings. The molecule has 5 heteroatoms. The van der Waals surface area contributed by atoms with Crippen molar-refractivity contribution in [3.63, 3.8) is 0 Å². The van der Waals surface area contributed by atoms with E-state index in [1.54, 1.807) is 11.3 Å². The largest absolute Gasteiger partial charge is 0.340 e. The predicted octanol–water partition coefficient (Wildman–Crippen LogP) is 2.33. The summed E-state index contributed by atoms with van der Waals surface area (Å²) in [6.07, 6.45) is 0.580. The van der Waals surface area contributed by atoms with Crippen molar-refractivity contribution in [1.82, 2.24) is 10.2 Å². The predicted molar refractivity (Wildman–Crippen MR) is 71.8 cm³/mol. The Balaban J connectivity index is 1.89. The van der Waals surface area contributed by atoms with Crippen molar-refractivity contribution in [2.75, 3.05) is 26.2 Å². The number of piperazine rings is 1. The summed E-state index contributed by atoms with van der Waals surface area (Å²) < 4.78 is 0.793. The van der Waals surface area contributed by atoms with Gasteiger partial charge in [0, 0.05) is 37.5 Å². The van der Waals surface area contributed by atoms with Crippen LogP contribution in [-0.2, 0) is 4.79 Å². The Labute approximate surface area is 111 Å². The summed E-state index contributed by atoms with van der Waals surface area (Å²) in [4.78, 5) is 15.2. The molecule has 1 fully saturated rings. The fraction of sp³-hybridized carbons (Fsp3) is 0.583. The van der Waals surface area contributed by atoms with Crippen molar-refractivity contribution in [2.24, 2.45) is 0 Å². The fourth-order valence-corrected chi connectivity index (χ4v) is 3.11. The van der Waals surface area contributed by atoms with Crippen molar-refractivity contribution < 1.29 is 4.79 Å². The van der Waals surface area contributed by atoms with Crippen molar-refractivity contribution >= 4 is 28.8 Å². The van der Waals surface area contributed by atoms with Gasteiger partial charge in [0.05, 0.1) is 4.34 Å². The van der Waals surface area contributed by atoms with E-state index in [0.717, 1.165) is 30.5 Å². The molecule has 0 saturated carbocycles. The highest BCUT2D eigenvalue weighted by Gasteiger charge is 2.19. The number of hydrogen-bond donors (Lipinski definition) is 1. The highest BCUT2D eigenvalue weighted by molar-refractivity contribution is 7.16. The molecule has 0 spiro atoms. The van der Waals surface area contributed by atoms with Gasteiger partial charge in [0.1, 0.15) is 0 Å². The normalized spacial score (nSPS) is 18.1. The summed E-state index contributed by atoms with van der Waals surface area (Å²) in [6, 6.07) is 3.91. The number of nitrogens with one attached hydrogen (secondary N) is 1. The molecule has 1 amide bonds. The van der Waals surface area contributed by atoms with E-state index in [9.17, 15) is 4.79 Å². The van der Waals surface area contributed by atoms with E-state index >= 15 is 0 Å². The third-order valence-electron chi connectivity index (χ3n) is 3.03. The Morgan fingerprint density at radius 3 is 2.82 bits per heavy atom. The van der Waals surface area contributed by atoms with Crippen molar-refractivity contribution in [2.45, 2.75) is 19.3 Å². The van der Waals surface area contributed by atoms with Gasteiger partial charge in [-0.3, -0.25) is 4.79 Å². The van der Waals surface area contributed by atoms with Crippen LogP contribution in [0, 0.1) is 0 Å². The van der Waals surface area contributed by atoms with Gasteiger partial charge in [-0.2, -0.15) is 0 Å². The van der Waals surface area contributed by atoms with Crippen LogP contribution in [0.3, 0.4) is 0 Å². The van der Waals surface area contributed by atoms with Gasteiger partial charge in [-0.1, -0.05) is 18.5 Å². The minimum Gasteiger partial charge on any atom is -0.340 e. The SMILES string of the molecule is CC(CC(=O)N1CCNCC1)c1ccc(Cl)s1. The van der Waals surface area contributed by atoms with E-state index in [1.165, 1.54) is 4.88 Å². The number of carbonyl (C=O) groups is 1. The highest BCUT2D eigenvalue weighted by atomic mass is 35.5. The minimum absolute atomic E-state index is 0.253. The van der Waals surface area contributed by atoms with E-state index < -0.39 is 0 Å². The van der Waals surface area contributed by atoms with Crippen molar-refractivity contribution in [3.8, 4) is 0 Å². The lowest BCUT2D eigenvalue weighted by Crippen LogP contribution is -2.46. The van der Waals surface area contributed by atoms with E-state index in [0.29, 0.717) is 6.42 Å². The van der Waals surface area contributed by atoms with Gasteiger partial charge in [0.2, 0.25) is 5.91 Å². The maximum absolute atomic E-state index is 12.1. The van der Waals surface area contributed by atoms with Crippen LogP contribution in [-0.4, -0.2) is 37.0 Å². The van der Waals surface area contributed by atoms with Gasteiger partial charge in [-0.25, -0.2) is 0 Å². The summed E-state index contributed by atoms with van der Waals surface area (Å²) in [5, 5.41) is 3.25. The smallest absolute Gasteiger partial charge is 0.223 e. The fourth-order valence-electron chi connectivity index (χ4n) is 2.00. The molecule has 1 aliphatic rings. The van der Waals surface area contributed by atoms with Crippen LogP contribution in [0.15, 0.2) is 12.1 Å². The third-order valence-corrected chi connectivity index (χ3v) is 4.49. The molecule has 1 atom stereocenters. The monoisotopic (exact) mass is 272 g/mol. The molecular formula is C12H17ClN2OS. The Bertz CT molecular complexity index is 388. The Kier molecular flexibility index (Phi) is 4.42. The first-order valence-corrected chi connectivity index (χ1v) is 7.10. The van der Waals surface area contributed by atoms with E-state index in [2.05, 4.69) is 12.2 Å². The first-order chi connectivity index (χ1) is 8.16. The Hall–Kier alpha value is -0.580. The van der Waals surface area contributed by atoms with E-state index in [4.69, 9.17) is 11.6 Å². The number of hydrogen-bond acceptors (Lipinski definition) is 3. The number of rotatable bonds is 3. The second-order valence-corrected chi connectivity index (χ2v) is 6.12. The van der Waals surface area contributed by atoms with Crippen LogP contribution >= 0.6 is 22.9 Å². The molecule has 2 heterocycles. The molecule has 0 aromatic carbocycles. The van der Waals surface area contributed by atoms with E-state index in [1.807, 2.05) is 17.0 Å². The second-order valence-electron chi connectivity index (χ2n) is 4.38. The molecule has 0 bridgehead atoms. The van der Waals surface area contributed by atoms with Crippen LogP contribution in [0.2, 0.25) is 4.34 Å².